The second-order valence-corrected chi connectivity index (χ2v) is 5.32. The number of benzene rings is 1. The standard InChI is InChI=1S/C10H11S2.ClH/c1-8-2-4-9(5-3-8)10-11-6-7-12-10;/h2-5H,6-7H2,1H3;1H/q+1;/p-1. The molecule has 70 valence electrons. The van der Waals surface area contributed by atoms with Gasteiger partial charge in [0.2, 0.25) is 0 Å². The van der Waals surface area contributed by atoms with Crippen molar-refractivity contribution in [2.24, 2.45) is 0 Å². The van der Waals surface area contributed by atoms with Crippen LogP contribution in [-0.2, 0) is 11.4 Å². The highest BCUT2D eigenvalue weighted by Crippen LogP contribution is 2.17. The van der Waals surface area contributed by atoms with Gasteiger partial charge in [-0.1, -0.05) is 29.5 Å². The molecule has 0 saturated carbocycles. The first-order chi connectivity index (χ1) is 5.86. The van der Waals surface area contributed by atoms with Crippen molar-refractivity contribution in [2.45, 2.75) is 6.92 Å². The summed E-state index contributed by atoms with van der Waals surface area (Å²) in [6.45, 7) is 2.13. The van der Waals surface area contributed by atoms with E-state index >= 15 is 0 Å². The lowest BCUT2D eigenvalue weighted by Gasteiger charge is -1.93. The average molecular weight is 231 g/mol. The Hall–Kier alpha value is -0.0500. The highest BCUT2D eigenvalue weighted by Gasteiger charge is 2.20. The zero-order chi connectivity index (χ0) is 8.39. The Morgan fingerprint density at radius 1 is 1.23 bits per heavy atom. The molecule has 0 atom stereocenters. The quantitative estimate of drug-likeness (QED) is 0.455. The molecule has 13 heavy (non-hydrogen) atoms. The maximum atomic E-state index is 2.22. The largest absolute Gasteiger partial charge is 1.00 e. The minimum absolute atomic E-state index is 0. The molecule has 0 saturated heterocycles. The summed E-state index contributed by atoms with van der Waals surface area (Å²) < 4.78 is 1.50. The third-order valence-corrected chi connectivity index (χ3v) is 4.61. The number of hydrogen-bond acceptors (Lipinski definition) is 1. The van der Waals surface area contributed by atoms with Crippen LogP contribution in [0, 0.1) is 6.92 Å². The second kappa shape index (κ2) is 4.99. The monoisotopic (exact) mass is 230 g/mol. The molecular weight excluding hydrogens is 220 g/mol. The van der Waals surface area contributed by atoms with Gasteiger partial charge in [0.05, 0.1) is 5.75 Å². The molecule has 0 aliphatic carbocycles. The van der Waals surface area contributed by atoms with Crippen LogP contribution in [0.1, 0.15) is 11.1 Å². The van der Waals surface area contributed by atoms with Gasteiger partial charge in [0.15, 0.2) is 17.1 Å². The molecule has 0 aromatic heterocycles. The maximum Gasteiger partial charge on any atom is 0.265 e. The second-order valence-electron chi connectivity index (χ2n) is 2.85. The molecular formula is C10H11ClS2. The lowest BCUT2D eigenvalue weighted by atomic mass is 10.2. The lowest BCUT2D eigenvalue weighted by molar-refractivity contribution is -0.00000227. The fourth-order valence-corrected chi connectivity index (χ4v) is 3.64. The van der Waals surface area contributed by atoms with Crippen molar-refractivity contribution in [3.63, 3.8) is 0 Å². The predicted octanol–water partition coefficient (Wildman–Crippen LogP) is -0.694. The topological polar surface area (TPSA) is 0 Å². The van der Waals surface area contributed by atoms with Crippen LogP contribution >= 0.6 is 11.8 Å². The molecule has 3 heteroatoms. The fourth-order valence-electron chi connectivity index (χ4n) is 1.17. The van der Waals surface area contributed by atoms with Gasteiger partial charge in [0, 0.05) is 5.56 Å². The normalized spacial score (nSPS) is 15.0. The Labute approximate surface area is 93.5 Å². The lowest BCUT2D eigenvalue weighted by Crippen LogP contribution is -3.00. The number of thioether (sulfide) groups is 1. The van der Waals surface area contributed by atoms with Crippen molar-refractivity contribution >= 4 is 27.3 Å². The summed E-state index contributed by atoms with van der Waals surface area (Å²) in [5.74, 6) is 2.54. The highest BCUT2D eigenvalue weighted by molar-refractivity contribution is 8.25. The molecule has 1 aromatic rings. The van der Waals surface area contributed by atoms with Crippen LogP contribution in [0.3, 0.4) is 0 Å². The SMILES string of the molecule is Cc1ccc(C2=[S+]CCS2)cc1.[Cl-]. The molecule has 0 amide bonds. The molecule has 0 nitrogen and oxygen atoms in total. The first-order valence-electron chi connectivity index (χ1n) is 4.06. The summed E-state index contributed by atoms with van der Waals surface area (Å²) in [7, 11) is 0. The van der Waals surface area contributed by atoms with E-state index in [2.05, 4.69) is 31.2 Å². The minimum Gasteiger partial charge on any atom is -1.00 e. The van der Waals surface area contributed by atoms with Gasteiger partial charge < -0.3 is 12.4 Å². The Balaban J connectivity index is 0.000000845. The van der Waals surface area contributed by atoms with Gasteiger partial charge in [-0.3, -0.25) is 0 Å². The molecule has 0 radical (unpaired) electrons. The predicted molar refractivity (Wildman–Crippen MR) is 60.0 cm³/mol. The summed E-state index contributed by atoms with van der Waals surface area (Å²) in [4.78, 5) is 0. The van der Waals surface area contributed by atoms with Crippen LogP contribution < -0.4 is 12.4 Å². The Bertz CT molecular complexity index is 303. The summed E-state index contributed by atoms with van der Waals surface area (Å²) in [6, 6.07) is 8.80. The first kappa shape index (κ1) is 11.0. The van der Waals surface area contributed by atoms with E-state index in [9.17, 15) is 0 Å². The van der Waals surface area contributed by atoms with Crippen molar-refractivity contribution in [3.8, 4) is 0 Å². The van der Waals surface area contributed by atoms with Gasteiger partial charge in [-0.2, -0.15) is 0 Å². The number of hydrogen-bond donors (Lipinski definition) is 0. The molecule has 0 fully saturated rings. The molecule has 0 bridgehead atoms. The fraction of sp³-hybridized carbons (Fsp3) is 0.300. The molecule has 0 spiro atoms. The van der Waals surface area contributed by atoms with Crippen LogP contribution in [-0.4, -0.2) is 15.7 Å². The highest BCUT2D eigenvalue weighted by atomic mass is 35.5. The maximum absolute atomic E-state index is 2.22. The summed E-state index contributed by atoms with van der Waals surface area (Å²) in [5, 5.41) is 0. The summed E-state index contributed by atoms with van der Waals surface area (Å²) in [6.07, 6.45) is 0. The molecule has 2 rings (SSSR count). The number of rotatable bonds is 1. The van der Waals surface area contributed by atoms with E-state index < -0.39 is 0 Å². The van der Waals surface area contributed by atoms with Crippen LogP contribution in [0.2, 0.25) is 0 Å². The Morgan fingerprint density at radius 2 is 1.92 bits per heavy atom. The van der Waals surface area contributed by atoms with E-state index in [1.54, 1.807) is 0 Å². The smallest absolute Gasteiger partial charge is 0.265 e. The van der Waals surface area contributed by atoms with Crippen LogP contribution in [0.5, 0.6) is 0 Å². The Morgan fingerprint density at radius 3 is 2.46 bits per heavy atom. The van der Waals surface area contributed by atoms with Gasteiger partial charge in [0.25, 0.3) is 4.20 Å². The van der Waals surface area contributed by atoms with E-state index in [1.807, 2.05) is 23.1 Å². The van der Waals surface area contributed by atoms with Crippen LogP contribution in [0.25, 0.3) is 0 Å². The molecule has 1 aromatic carbocycles. The molecule has 0 N–H and O–H groups in total. The van der Waals surface area contributed by atoms with Crippen molar-refractivity contribution in [1.82, 2.24) is 0 Å². The summed E-state index contributed by atoms with van der Waals surface area (Å²) >= 11 is 3.96. The zero-order valence-electron chi connectivity index (χ0n) is 7.42. The first-order valence-corrected chi connectivity index (χ1v) is 6.03. The van der Waals surface area contributed by atoms with E-state index in [4.69, 9.17) is 0 Å². The number of aryl methyl sites for hydroxylation is 1. The van der Waals surface area contributed by atoms with Crippen molar-refractivity contribution in [1.29, 1.82) is 0 Å². The number of halogens is 1. The molecule has 1 aliphatic rings. The molecule has 1 aliphatic heterocycles. The zero-order valence-corrected chi connectivity index (χ0v) is 9.81. The van der Waals surface area contributed by atoms with E-state index in [1.165, 1.54) is 26.8 Å². The van der Waals surface area contributed by atoms with Gasteiger partial charge in [-0.15, -0.1) is 0 Å². The van der Waals surface area contributed by atoms with Crippen molar-refractivity contribution < 1.29 is 12.4 Å². The van der Waals surface area contributed by atoms with Crippen LogP contribution in [0.15, 0.2) is 24.3 Å². The third-order valence-electron chi connectivity index (χ3n) is 1.84. The van der Waals surface area contributed by atoms with Crippen LogP contribution in [0.4, 0.5) is 0 Å². The van der Waals surface area contributed by atoms with Crippen molar-refractivity contribution in [2.75, 3.05) is 11.5 Å². The van der Waals surface area contributed by atoms with Gasteiger partial charge in [0.1, 0.15) is 0 Å². The molecule has 1 heterocycles. The molecule has 0 unspecified atom stereocenters. The minimum atomic E-state index is 0. The van der Waals surface area contributed by atoms with E-state index in [0.29, 0.717) is 0 Å². The summed E-state index contributed by atoms with van der Waals surface area (Å²) in [5.41, 5.74) is 2.74. The van der Waals surface area contributed by atoms with E-state index in [0.717, 1.165) is 0 Å². The van der Waals surface area contributed by atoms with Gasteiger partial charge >= 0.3 is 0 Å². The van der Waals surface area contributed by atoms with E-state index in [-0.39, 0.29) is 12.4 Å². The average Bonchev–Trinajstić information content (AvgIpc) is 2.58. The van der Waals surface area contributed by atoms with Crippen molar-refractivity contribution in [3.05, 3.63) is 35.4 Å². The third kappa shape index (κ3) is 2.70. The van der Waals surface area contributed by atoms with Gasteiger partial charge in [-0.25, -0.2) is 0 Å². The van der Waals surface area contributed by atoms with Gasteiger partial charge in [-0.05, 0) is 19.1 Å². The Kier molecular flexibility index (Phi) is 4.23.